The van der Waals surface area contributed by atoms with Gasteiger partial charge in [0.2, 0.25) is 8.32 Å². The Kier molecular flexibility index (Phi) is 6.17. The fourth-order valence-electron chi connectivity index (χ4n) is 1.83. The molecule has 0 saturated carbocycles. The van der Waals surface area contributed by atoms with Crippen molar-refractivity contribution < 1.29 is 14.0 Å². The molecule has 0 aliphatic rings. The standard InChI is InChI=1S/C17H28O3Si/c1-17(2,3)21(5,6)20-16-11-14(8-7-9-19-4)10-15(12-16)13-18/h10-13H,7-9H2,1-6H3. The summed E-state index contributed by atoms with van der Waals surface area (Å²) in [5.41, 5.74) is 1.81. The zero-order chi connectivity index (χ0) is 16.1. The Morgan fingerprint density at radius 3 is 2.38 bits per heavy atom. The highest BCUT2D eigenvalue weighted by atomic mass is 28.4. The Morgan fingerprint density at radius 1 is 1.19 bits per heavy atom. The fraction of sp³-hybridized carbons (Fsp3) is 0.588. The quantitative estimate of drug-likeness (QED) is 0.424. The summed E-state index contributed by atoms with van der Waals surface area (Å²) in [6.07, 6.45) is 2.72. The molecule has 0 bridgehead atoms. The van der Waals surface area contributed by atoms with Crippen LogP contribution in [0.3, 0.4) is 0 Å². The minimum atomic E-state index is -1.88. The van der Waals surface area contributed by atoms with Crippen molar-refractivity contribution in [2.24, 2.45) is 0 Å². The minimum Gasteiger partial charge on any atom is -0.543 e. The van der Waals surface area contributed by atoms with E-state index in [4.69, 9.17) is 9.16 Å². The lowest BCUT2D eigenvalue weighted by atomic mass is 10.1. The Morgan fingerprint density at radius 2 is 1.86 bits per heavy atom. The van der Waals surface area contributed by atoms with Gasteiger partial charge >= 0.3 is 0 Å². The summed E-state index contributed by atoms with van der Waals surface area (Å²) in [5, 5.41) is 0.139. The van der Waals surface area contributed by atoms with E-state index in [1.807, 2.05) is 12.1 Å². The number of carbonyl (C=O) groups excluding carboxylic acids is 1. The Balaban J connectivity index is 2.96. The number of aryl methyl sites for hydroxylation is 1. The molecule has 0 amide bonds. The van der Waals surface area contributed by atoms with Gasteiger partial charge in [0, 0.05) is 19.3 Å². The van der Waals surface area contributed by atoms with Crippen LogP contribution >= 0.6 is 0 Å². The topological polar surface area (TPSA) is 35.5 Å². The first-order valence-electron chi connectivity index (χ1n) is 7.47. The molecule has 0 spiro atoms. The van der Waals surface area contributed by atoms with Crippen LogP contribution in [0.5, 0.6) is 5.75 Å². The largest absolute Gasteiger partial charge is 0.543 e. The zero-order valence-corrected chi connectivity index (χ0v) is 15.2. The van der Waals surface area contributed by atoms with Crippen molar-refractivity contribution in [3.05, 3.63) is 29.3 Å². The van der Waals surface area contributed by atoms with Crippen LogP contribution in [0.4, 0.5) is 0 Å². The molecule has 118 valence electrons. The smallest absolute Gasteiger partial charge is 0.250 e. The predicted molar refractivity (Wildman–Crippen MR) is 89.9 cm³/mol. The highest BCUT2D eigenvalue weighted by molar-refractivity contribution is 6.74. The molecule has 1 aromatic rings. The number of ether oxygens (including phenoxy) is 1. The van der Waals surface area contributed by atoms with Gasteiger partial charge in [0.25, 0.3) is 0 Å². The van der Waals surface area contributed by atoms with Crippen LogP contribution in [0.1, 0.15) is 43.1 Å². The molecule has 0 atom stereocenters. The molecule has 0 aliphatic carbocycles. The molecule has 0 fully saturated rings. The van der Waals surface area contributed by atoms with Crippen molar-refractivity contribution in [1.29, 1.82) is 0 Å². The van der Waals surface area contributed by atoms with Crippen molar-refractivity contribution in [2.75, 3.05) is 13.7 Å². The summed E-state index contributed by atoms with van der Waals surface area (Å²) in [5.74, 6) is 0.818. The first-order valence-corrected chi connectivity index (χ1v) is 10.4. The summed E-state index contributed by atoms with van der Waals surface area (Å²) in [4.78, 5) is 11.1. The first-order chi connectivity index (χ1) is 9.69. The van der Waals surface area contributed by atoms with Crippen molar-refractivity contribution in [2.45, 2.75) is 51.7 Å². The van der Waals surface area contributed by atoms with E-state index in [1.165, 1.54) is 0 Å². The molecule has 0 heterocycles. The normalized spacial score (nSPS) is 12.3. The van der Waals surface area contributed by atoms with Crippen molar-refractivity contribution >= 4 is 14.6 Å². The average molecular weight is 308 g/mol. The molecular formula is C17H28O3Si. The molecule has 3 nitrogen and oxygen atoms in total. The monoisotopic (exact) mass is 308 g/mol. The fourth-order valence-corrected chi connectivity index (χ4v) is 2.84. The number of benzene rings is 1. The molecule has 0 aliphatic heterocycles. The predicted octanol–water partition coefficient (Wildman–Crippen LogP) is 4.46. The lowest BCUT2D eigenvalue weighted by molar-refractivity contribution is 0.112. The maximum Gasteiger partial charge on any atom is 0.250 e. The third-order valence-corrected chi connectivity index (χ3v) is 8.48. The van der Waals surface area contributed by atoms with Crippen LogP contribution in [-0.2, 0) is 11.2 Å². The van der Waals surface area contributed by atoms with Gasteiger partial charge in [0.05, 0.1) is 0 Å². The maximum atomic E-state index is 11.1. The summed E-state index contributed by atoms with van der Waals surface area (Å²) in [6, 6.07) is 5.83. The lowest BCUT2D eigenvalue weighted by Crippen LogP contribution is -2.43. The molecular weight excluding hydrogens is 280 g/mol. The SMILES string of the molecule is COCCCc1cc(C=O)cc(O[Si](C)(C)C(C)(C)C)c1. The second kappa shape index (κ2) is 7.23. The number of aldehydes is 1. The summed E-state index contributed by atoms with van der Waals surface area (Å²) in [6.45, 7) is 11.8. The van der Waals surface area contributed by atoms with Gasteiger partial charge in [-0.2, -0.15) is 0 Å². The van der Waals surface area contributed by atoms with Crippen molar-refractivity contribution in [1.82, 2.24) is 0 Å². The molecule has 0 saturated heterocycles. The van der Waals surface area contributed by atoms with Gasteiger partial charge in [0.15, 0.2) is 0 Å². The highest BCUT2D eigenvalue weighted by Gasteiger charge is 2.39. The van der Waals surface area contributed by atoms with Crippen molar-refractivity contribution in [3.63, 3.8) is 0 Å². The third-order valence-electron chi connectivity index (χ3n) is 4.12. The Bertz CT molecular complexity index is 475. The van der Waals surface area contributed by atoms with E-state index < -0.39 is 8.32 Å². The third kappa shape index (κ3) is 5.29. The van der Waals surface area contributed by atoms with Gasteiger partial charge in [0.1, 0.15) is 12.0 Å². The number of hydrogen-bond acceptors (Lipinski definition) is 3. The van der Waals surface area contributed by atoms with Gasteiger partial charge < -0.3 is 9.16 Å². The van der Waals surface area contributed by atoms with E-state index in [0.717, 1.165) is 37.0 Å². The molecule has 21 heavy (non-hydrogen) atoms. The van der Waals surface area contributed by atoms with Crippen molar-refractivity contribution in [3.8, 4) is 5.75 Å². The molecule has 1 aromatic carbocycles. The van der Waals surface area contributed by atoms with E-state index in [-0.39, 0.29) is 5.04 Å². The number of rotatable bonds is 7. The van der Waals surface area contributed by atoms with Gasteiger partial charge in [-0.15, -0.1) is 0 Å². The molecule has 4 heteroatoms. The van der Waals surface area contributed by atoms with Crippen LogP contribution in [0.2, 0.25) is 18.1 Å². The number of methoxy groups -OCH3 is 1. The number of hydrogen-bond donors (Lipinski definition) is 0. The summed E-state index contributed by atoms with van der Waals surface area (Å²) in [7, 11) is -0.181. The van der Waals surface area contributed by atoms with Crippen LogP contribution < -0.4 is 4.43 Å². The molecule has 0 aromatic heterocycles. The Hall–Kier alpha value is -1.13. The lowest BCUT2D eigenvalue weighted by Gasteiger charge is -2.36. The van der Waals surface area contributed by atoms with Crippen LogP contribution in [-0.4, -0.2) is 28.3 Å². The second-order valence-electron chi connectivity index (χ2n) is 6.99. The van der Waals surface area contributed by atoms with E-state index in [2.05, 4.69) is 39.9 Å². The Labute approximate surface area is 129 Å². The molecule has 1 rings (SSSR count). The van der Waals surface area contributed by atoms with Crippen LogP contribution in [0.15, 0.2) is 18.2 Å². The van der Waals surface area contributed by atoms with Gasteiger partial charge in [-0.3, -0.25) is 4.79 Å². The molecule has 0 N–H and O–H groups in total. The van der Waals surface area contributed by atoms with Crippen LogP contribution in [0, 0.1) is 0 Å². The zero-order valence-electron chi connectivity index (χ0n) is 14.2. The molecule has 0 unspecified atom stereocenters. The van der Waals surface area contributed by atoms with Gasteiger partial charge in [-0.1, -0.05) is 20.8 Å². The van der Waals surface area contributed by atoms with E-state index >= 15 is 0 Å². The van der Waals surface area contributed by atoms with Gasteiger partial charge in [-0.05, 0) is 54.7 Å². The van der Waals surface area contributed by atoms with E-state index in [0.29, 0.717) is 5.56 Å². The second-order valence-corrected chi connectivity index (χ2v) is 11.7. The maximum absolute atomic E-state index is 11.1. The van der Waals surface area contributed by atoms with E-state index in [9.17, 15) is 4.79 Å². The first kappa shape index (κ1) is 17.9. The highest BCUT2D eigenvalue weighted by Crippen LogP contribution is 2.37. The van der Waals surface area contributed by atoms with Crippen LogP contribution in [0.25, 0.3) is 0 Å². The summed E-state index contributed by atoms with van der Waals surface area (Å²) < 4.78 is 11.4. The van der Waals surface area contributed by atoms with E-state index in [1.54, 1.807) is 7.11 Å². The number of carbonyl (C=O) groups is 1. The average Bonchev–Trinajstić information content (AvgIpc) is 2.37. The minimum absolute atomic E-state index is 0.139. The van der Waals surface area contributed by atoms with Gasteiger partial charge in [-0.25, -0.2) is 0 Å². The summed E-state index contributed by atoms with van der Waals surface area (Å²) >= 11 is 0. The molecule has 0 radical (unpaired) electrons.